The number of aliphatic hydroxyl groups is 1. The highest BCUT2D eigenvalue weighted by Gasteiger charge is 2.52. The van der Waals surface area contributed by atoms with Crippen LogP contribution in [0.2, 0.25) is 0 Å². The number of nitrogens with one attached hydrogen (secondary N) is 3. The molecule has 1 amide bonds. The van der Waals surface area contributed by atoms with Crippen LogP contribution in [0.5, 0.6) is 17.2 Å². The van der Waals surface area contributed by atoms with Gasteiger partial charge in [-0.2, -0.15) is 0 Å². The first-order valence-corrected chi connectivity index (χ1v) is 28.4. The van der Waals surface area contributed by atoms with Crippen molar-refractivity contribution in [3.05, 3.63) is 106 Å². The van der Waals surface area contributed by atoms with Crippen LogP contribution in [0.3, 0.4) is 0 Å². The Balaban J connectivity index is 0.874. The van der Waals surface area contributed by atoms with Crippen LogP contribution in [0.1, 0.15) is 105 Å². The van der Waals surface area contributed by atoms with Crippen molar-refractivity contribution in [3.8, 4) is 17.2 Å². The number of sulfone groups is 1. The van der Waals surface area contributed by atoms with Crippen molar-refractivity contribution in [2.24, 2.45) is 17.3 Å². The summed E-state index contributed by atoms with van der Waals surface area (Å²) in [6, 6.07) is 16.7. The summed E-state index contributed by atoms with van der Waals surface area (Å²) in [6.45, 7) is 9.38. The number of ether oxygens (including phenoxy) is 2. The molecule has 5 heterocycles. The van der Waals surface area contributed by atoms with Gasteiger partial charge in [0.1, 0.15) is 39.4 Å². The zero-order chi connectivity index (χ0) is 50.9. The molecule has 5 aliphatic rings. The second-order valence-electron chi connectivity index (χ2n) is 21.6. The van der Waals surface area contributed by atoms with E-state index in [0.717, 1.165) is 57.1 Å². The molecule has 384 valence electrons. The van der Waals surface area contributed by atoms with E-state index in [2.05, 4.69) is 67.9 Å². The Kier molecular flexibility index (Phi) is 13.1. The molecule has 4 atom stereocenters. The summed E-state index contributed by atoms with van der Waals surface area (Å²) < 4.78 is 82.5. The van der Waals surface area contributed by atoms with E-state index in [-0.39, 0.29) is 87.1 Å². The number of hydrogen-bond donors (Lipinski definition) is 4. The number of H-pyrrole nitrogens is 1. The number of aromatic nitrogens is 2. The summed E-state index contributed by atoms with van der Waals surface area (Å²) in [5.41, 5.74) is 2.21. The summed E-state index contributed by atoms with van der Waals surface area (Å²) in [6.07, 6.45) is 9.89. The number of amides is 1. The molecule has 4 fully saturated rings. The first-order chi connectivity index (χ1) is 34.1. The van der Waals surface area contributed by atoms with E-state index in [1.165, 1.54) is 35.7 Å². The highest BCUT2D eigenvalue weighted by molar-refractivity contribution is 7.90. The molecular formula is C52H62FN7O10S2. The average molecular weight is 1030 g/mol. The van der Waals surface area contributed by atoms with Crippen LogP contribution in [0.25, 0.3) is 11.0 Å². The topological polar surface area (TPSA) is 226 Å². The molecule has 72 heavy (non-hydrogen) atoms. The van der Waals surface area contributed by atoms with E-state index in [9.17, 15) is 41.2 Å². The maximum Gasteiger partial charge on any atom is 0.297 e. The molecule has 0 bridgehead atoms. The smallest absolute Gasteiger partial charge is 0.297 e. The van der Waals surface area contributed by atoms with Crippen molar-refractivity contribution in [1.82, 2.24) is 19.6 Å². The number of pyridine rings is 1. The van der Waals surface area contributed by atoms with E-state index in [4.69, 9.17) is 9.47 Å². The molecule has 10 rings (SSSR count). The fourth-order valence-electron chi connectivity index (χ4n) is 12.3. The number of piperidine rings is 1. The molecule has 17 nitrogen and oxygen atoms in total. The van der Waals surface area contributed by atoms with Crippen molar-refractivity contribution < 1.29 is 45.5 Å². The van der Waals surface area contributed by atoms with Crippen LogP contribution in [0.4, 0.5) is 21.5 Å². The van der Waals surface area contributed by atoms with Crippen LogP contribution >= 0.6 is 0 Å². The summed E-state index contributed by atoms with van der Waals surface area (Å²) >= 11 is 0. The lowest BCUT2D eigenvalue weighted by Gasteiger charge is -2.58. The molecule has 2 aromatic heterocycles. The lowest BCUT2D eigenvalue weighted by Crippen LogP contribution is -2.64. The van der Waals surface area contributed by atoms with Crippen molar-refractivity contribution in [2.45, 2.75) is 107 Å². The zero-order valence-electron chi connectivity index (χ0n) is 40.9. The van der Waals surface area contributed by atoms with Gasteiger partial charge in [-0.25, -0.2) is 30.9 Å². The van der Waals surface area contributed by atoms with Gasteiger partial charge in [0.15, 0.2) is 11.4 Å². The number of sulfonamides is 1. The first-order valence-electron chi connectivity index (χ1n) is 24.9. The minimum Gasteiger partial charge on any atom is -0.489 e. The lowest BCUT2D eigenvalue weighted by molar-refractivity contribution is -0.384. The van der Waals surface area contributed by atoms with Crippen LogP contribution in [-0.2, 0) is 19.9 Å². The number of nitro groups is 1. The predicted octanol–water partition coefficient (Wildman–Crippen LogP) is 8.27. The van der Waals surface area contributed by atoms with Crippen molar-refractivity contribution in [3.63, 3.8) is 0 Å². The van der Waals surface area contributed by atoms with Gasteiger partial charge in [0.05, 0.1) is 44.4 Å². The minimum atomic E-state index is -4.76. The highest BCUT2D eigenvalue weighted by Crippen LogP contribution is 2.51. The van der Waals surface area contributed by atoms with E-state index >= 15 is 0 Å². The number of carbonyl (C=O) groups excluding carboxylic acids is 1. The Bertz CT molecular complexity index is 3140. The third kappa shape index (κ3) is 9.98. The molecular weight excluding hydrogens is 966 g/mol. The van der Waals surface area contributed by atoms with E-state index < -0.39 is 52.7 Å². The lowest BCUT2D eigenvalue weighted by atomic mass is 9.69. The number of likely N-dealkylation sites (tertiary alicyclic amines) is 1. The number of benzene rings is 3. The molecule has 5 aromatic rings. The second-order valence-corrected chi connectivity index (χ2v) is 25.5. The molecule has 1 unspecified atom stereocenters. The van der Waals surface area contributed by atoms with Gasteiger partial charge in [-0.3, -0.25) is 19.8 Å². The van der Waals surface area contributed by atoms with E-state index in [1.807, 2.05) is 0 Å². The fraction of sp³-hybridized carbons (Fsp3) is 0.500. The quantitative estimate of drug-likeness (QED) is 0.0643. The largest absolute Gasteiger partial charge is 0.489 e. The summed E-state index contributed by atoms with van der Waals surface area (Å²) in [7, 11) is -7.95. The van der Waals surface area contributed by atoms with Gasteiger partial charge in [-0.15, -0.1) is 0 Å². The third-order valence-corrected chi connectivity index (χ3v) is 18.4. The number of aromatic amines is 1. The number of halogens is 1. The monoisotopic (exact) mass is 1030 g/mol. The van der Waals surface area contributed by atoms with E-state index in [1.54, 1.807) is 19.1 Å². The maximum absolute atomic E-state index is 14.7. The van der Waals surface area contributed by atoms with Gasteiger partial charge in [0, 0.05) is 74.5 Å². The summed E-state index contributed by atoms with van der Waals surface area (Å²) in [5, 5.41) is 26.2. The number of carbonyl (C=O) groups is 1. The SMILES string of the molecule is CC(C)c1ccccc1[C@@H]1CC[C@H](CS(C)(=O)=O)C1N1CC2(CCN(c3ccc(C(=O)NS(=O)(=O)c4cc5c(c([N+](=O)[O-])c4)N[C@@H](C4CCC(C)(O)CC4)CO5)c(Oc4cnc5[nH]cc(F)c5c4)c3)CC2)C1. The minimum absolute atomic E-state index is 0.0301. The van der Waals surface area contributed by atoms with Crippen molar-refractivity contribution in [2.75, 3.05) is 55.0 Å². The Labute approximate surface area is 419 Å². The number of rotatable bonds is 13. The van der Waals surface area contributed by atoms with Crippen LogP contribution in [0, 0.1) is 33.2 Å². The molecule has 3 aliphatic heterocycles. The van der Waals surface area contributed by atoms with Crippen molar-refractivity contribution in [1.29, 1.82) is 0 Å². The van der Waals surface area contributed by atoms with Gasteiger partial charge >= 0.3 is 0 Å². The molecule has 0 radical (unpaired) electrons. The second kappa shape index (κ2) is 18.9. The van der Waals surface area contributed by atoms with Gasteiger partial charge in [-0.1, -0.05) is 38.1 Å². The van der Waals surface area contributed by atoms with Crippen LogP contribution < -0.4 is 24.4 Å². The number of nitrogens with zero attached hydrogens (tertiary/aromatic N) is 4. The number of anilines is 2. The summed E-state index contributed by atoms with van der Waals surface area (Å²) in [5.74, 6) is -0.767. The zero-order valence-corrected chi connectivity index (χ0v) is 42.5. The standard InChI is InChI=1S/C52H62FN7O10S2/c1-31(2)37-7-5-6-8-38(37)39-11-9-33(28-71(4,65)66)48(39)59-29-52(30-59)17-19-58(20-18-52)34-10-12-40(45(21-34)70-35-22-41-42(53)26-55-49(41)54-25-35)50(61)57-72(67,68)36-23-44(60(63)64)47-46(24-36)69-27-43(56-47)32-13-15-51(3,62)16-14-32/h5-8,10,12,21-26,31-33,39,43,48,56,62H,9,11,13-20,27-30H2,1-4H3,(H,54,55)(H,57,61)/t32?,33-,39+,43-,48?,51?/m1/s1. The predicted molar refractivity (Wildman–Crippen MR) is 271 cm³/mol. The van der Waals surface area contributed by atoms with Gasteiger partial charge in [0.2, 0.25) is 0 Å². The van der Waals surface area contributed by atoms with Crippen LogP contribution in [-0.4, -0.2) is 110 Å². The molecule has 4 N–H and O–H groups in total. The fourth-order valence-corrected chi connectivity index (χ4v) is 14.4. The Morgan fingerprint density at radius 1 is 1.03 bits per heavy atom. The molecule has 1 spiro atoms. The Morgan fingerprint density at radius 2 is 1.76 bits per heavy atom. The molecule has 3 aromatic carbocycles. The summed E-state index contributed by atoms with van der Waals surface area (Å²) in [4.78, 5) is 37.0. The average Bonchev–Trinajstić information content (AvgIpc) is 3.91. The Morgan fingerprint density at radius 3 is 2.47 bits per heavy atom. The Hall–Kier alpha value is -5.83. The number of fused-ring (bicyclic) bond motifs is 2. The maximum atomic E-state index is 14.7. The molecule has 2 saturated heterocycles. The molecule has 2 saturated carbocycles. The van der Waals surface area contributed by atoms with Gasteiger partial charge in [0.25, 0.3) is 21.6 Å². The molecule has 20 heteroatoms. The normalized spacial score (nSPS) is 25.4. The van der Waals surface area contributed by atoms with E-state index in [0.29, 0.717) is 50.4 Å². The number of hydrogen-bond acceptors (Lipinski definition) is 14. The van der Waals surface area contributed by atoms with Crippen LogP contribution in [0.15, 0.2) is 78.0 Å². The third-order valence-electron chi connectivity index (χ3n) is 16.1. The first kappa shape index (κ1) is 49.7. The number of nitro benzene ring substituents is 1. The van der Waals surface area contributed by atoms with Gasteiger partial charge in [-0.05, 0) is 111 Å². The highest BCUT2D eigenvalue weighted by atomic mass is 32.2. The van der Waals surface area contributed by atoms with Gasteiger partial charge < -0.3 is 29.8 Å². The molecule has 2 aliphatic carbocycles. The van der Waals surface area contributed by atoms with Crippen molar-refractivity contribution >= 4 is 53.9 Å².